The Morgan fingerprint density at radius 1 is 1.31 bits per heavy atom. The Morgan fingerprint density at radius 3 is 2.81 bits per heavy atom. The van der Waals surface area contributed by atoms with Gasteiger partial charge in [0.05, 0.1) is 6.61 Å². The van der Waals surface area contributed by atoms with Gasteiger partial charge in [-0.3, -0.25) is 0 Å². The van der Waals surface area contributed by atoms with Crippen molar-refractivity contribution in [3.8, 4) is 0 Å². The largest absolute Gasteiger partial charge is 0.380 e. The summed E-state index contributed by atoms with van der Waals surface area (Å²) >= 11 is 0. The predicted molar refractivity (Wildman–Crippen MR) is 68.5 cm³/mol. The Labute approximate surface area is 100 Å². The topological polar surface area (TPSA) is 47.3 Å². The fourth-order valence-electron chi connectivity index (χ4n) is 1.81. The fourth-order valence-corrected chi connectivity index (χ4v) is 1.81. The van der Waals surface area contributed by atoms with Gasteiger partial charge in [0, 0.05) is 13.2 Å². The van der Waals surface area contributed by atoms with Crippen LogP contribution in [0.2, 0.25) is 0 Å². The van der Waals surface area contributed by atoms with Gasteiger partial charge in [0.2, 0.25) is 0 Å². The van der Waals surface area contributed by atoms with Gasteiger partial charge in [0.1, 0.15) is 0 Å². The Hall–Kier alpha value is -0.120. The zero-order chi connectivity index (χ0) is 11.6. The van der Waals surface area contributed by atoms with Crippen molar-refractivity contribution in [1.82, 2.24) is 5.32 Å². The third kappa shape index (κ3) is 8.08. The molecule has 0 aromatic heterocycles. The molecule has 16 heavy (non-hydrogen) atoms. The van der Waals surface area contributed by atoms with Crippen molar-refractivity contribution >= 4 is 0 Å². The van der Waals surface area contributed by atoms with E-state index in [1.165, 1.54) is 25.7 Å². The lowest BCUT2D eigenvalue weighted by Gasteiger charge is -2.10. The second-order valence-corrected chi connectivity index (χ2v) is 5.09. The van der Waals surface area contributed by atoms with E-state index >= 15 is 0 Å². The van der Waals surface area contributed by atoms with E-state index in [1.807, 2.05) is 0 Å². The third-order valence-corrected chi connectivity index (χ3v) is 3.18. The molecule has 3 nitrogen and oxygen atoms in total. The molecule has 1 atom stereocenters. The second kappa shape index (κ2) is 8.97. The molecule has 0 aromatic carbocycles. The molecule has 1 fully saturated rings. The van der Waals surface area contributed by atoms with E-state index in [9.17, 15) is 0 Å². The van der Waals surface area contributed by atoms with Crippen LogP contribution in [0.4, 0.5) is 0 Å². The van der Waals surface area contributed by atoms with Crippen LogP contribution < -0.4 is 11.1 Å². The Balaban J connectivity index is 1.70. The van der Waals surface area contributed by atoms with E-state index in [4.69, 9.17) is 10.5 Å². The number of rotatable bonds is 11. The standard InChI is InChI=1S/C13H28N2O/c1-12(6-7-14)3-2-8-15-9-10-16-11-13-4-5-13/h12-13,15H,2-11,14H2,1H3. The van der Waals surface area contributed by atoms with Gasteiger partial charge in [-0.2, -0.15) is 0 Å². The van der Waals surface area contributed by atoms with Gasteiger partial charge in [0.25, 0.3) is 0 Å². The minimum absolute atomic E-state index is 0.776. The van der Waals surface area contributed by atoms with Crippen molar-refractivity contribution in [3.05, 3.63) is 0 Å². The molecule has 0 amide bonds. The summed E-state index contributed by atoms with van der Waals surface area (Å²) in [6.07, 6.45) is 6.46. The van der Waals surface area contributed by atoms with E-state index < -0.39 is 0 Å². The first kappa shape index (κ1) is 13.9. The number of hydrogen-bond donors (Lipinski definition) is 2. The number of nitrogens with two attached hydrogens (primary N) is 1. The van der Waals surface area contributed by atoms with Crippen LogP contribution >= 0.6 is 0 Å². The van der Waals surface area contributed by atoms with Crippen LogP contribution in [0.15, 0.2) is 0 Å². The summed E-state index contributed by atoms with van der Waals surface area (Å²) in [4.78, 5) is 0. The predicted octanol–water partition coefficient (Wildman–Crippen LogP) is 1.77. The van der Waals surface area contributed by atoms with Crippen molar-refractivity contribution < 1.29 is 4.74 Å². The van der Waals surface area contributed by atoms with Gasteiger partial charge in [-0.1, -0.05) is 6.92 Å². The van der Waals surface area contributed by atoms with E-state index in [2.05, 4.69) is 12.2 Å². The zero-order valence-corrected chi connectivity index (χ0v) is 10.7. The zero-order valence-electron chi connectivity index (χ0n) is 10.7. The fraction of sp³-hybridized carbons (Fsp3) is 1.00. The first-order valence-corrected chi connectivity index (χ1v) is 6.81. The molecule has 0 aliphatic heterocycles. The van der Waals surface area contributed by atoms with Crippen LogP contribution in [0.25, 0.3) is 0 Å². The summed E-state index contributed by atoms with van der Waals surface area (Å²) in [7, 11) is 0. The molecule has 1 aliphatic carbocycles. The minimum Gasteiger partial charge on any atom is -0.380 e. The molecule has 0 spiro atoms. The molecule has 96 valence electrons. The molecule has 0 heterocycles. The Morgan fingerprint density at radius 2 is 2.12 bits per heavy atom. The summed E-state index contributed by atoms with van der Waals surface area (Å²) in [5, 5.41) is 3.42. The molecule has 3 N–H and O–H groups in total. The molecule has 3 heteroatoms. The number of nitrogens with one attached hydrogen (secondary N) is 1. The molecular formula is C13H28N2O. The highest BCUT2D eigenvalue weighted by Crippen LogP contribution is 2.28. The Bertz CT molecular complexity index is 160. The maximum absolute atomic E-state index is 5.54. The van der Waals surface area contributed by atoms with Crippen molar-refractivity contribution in [1.29, 1.82) is 0 Å². The van der Waals surface area contributed by atoms with E-state index in [0.717, 1.165) is 51.1 Å². The lowest BCUT2D eigenvalue weighted by atomic mass is 10.0. The smallest absolute Gasteiger partial charge is 0.0591 e. The maximum Gasteiger partial charge on any atom is 0.0591 e. The van der Waals surface area contributed by atoms with Gasteiger partial charge in [0.15, 0.2) is 0 Å². The summed E-state index contributed by atoms with van der Waals surface area (Å²) in [6.45, 7) is 7.07. The van der Waals surface area contributed by atoms with E-state index in [1.54, 1.807) is 0 Å². The van der Waals surface area contributed by atoms with Crippen LogP contribution in [0, 0.1) is 11.8 Å². The second-order valence-electron chi connectivity index (χ2n) is 5.09. The summed E-state index contributed by atoms with van der Waals surface area (Å²) in [6, 6.07) is 0. The lowest BCUT2D eigenvalue weighted by molar-refractivity contribution is 0.126. The van der Waals surface area contributed by atoms with Gasteiger partial charge in [-0.05, 0) is 57.0 Å². The molecule has 0 bridgehead atoms. The highest BCUT2D eigenvalue weighted by Gasteiger charge is 2.20. The molecule has 0 radical (unpaired) electrons. The Kier molecular flexibility index (Phi) is 7.81. The lowest BCUT2D eigenvalue weighted by Crippen LogP contribution is -2.21. The molecule has 1 rings (SSSR count). The molecule has 1 unspecified atom stereocenters. The van der Waals surface area contributed by atoms with Gasteiger partial charge >= 0.3 is 0 Å². The van der Waals surface area contributed by atoms with Crippen molar-refractivity contribution in [2.45, 2.75) is 39.0 Å². The molecule has 1 saturated carbocycles. The van der Waals surface area contributed by atoms with Crippen LogP contribution in [-0.2, 0) is 4.74 Å². The van der Waals surface area contributed by atoms with E-state index in [0.29, 0.717) is 0 Å². The SMILES string of the molecule is CC(CCN)CCCNCCOCC1CC1. The molecular weight excluding hydrogens is 200 g/mol. The van der Waals surface area contributed by atoms with Crippen LogP contribution in [-0.4, -0.2) is 32.8 Å². The van der Waals surface area contributed by atoms with Gasteiger partial charge < -0.3 is 15.8 Å². The van der Waals surface area contributed by atoms with Crippen LogP contribution in [0.1, 0.15) is 39.0 Å². The van der Waals surface area contributed by atoms with Crippen molar-refractivity contribution in [3.63, 3.8) is 0 Å². The highest BCUT2D eigenvalue weighted by molar-refractivity contribution is 4.71. The van der Waals surface area contributed by atoms with Crippen LogP contribution in [0.3, 0.4) is 0 Å². The molecule has 1 aliphatic rings. The highest BCUT2D eigenvalue weighted by atomic mass is 16.5. The summed E-state index contributed by atoms with van der Waals surface area (Å²) < 4.78 is 5.54. The minimum atomic E-state index is 0.776. The first-order chi connectivity index (χ1) is 7.83. The quantitative estimate of drug-likeness (QED) is 0.530. The summed E-state index contributed by atoms with van der Waals surface area (Å²) in [5.41, 5.74) is 5.51. The average Bonchev–Trinajstić information content (AvgIpc) is 3.06. The maximum atomic E-state index is 5.54. The summed E-state index contributed by atoms with van der Waals surface area (Å²) in [5.74, 6) is 1.66. The van der Waals surface area contributed by atoms with E-state index in [-0.39, 0.29) is 0 Å². The average molecular weight is 228 g/mol. The molecule has 0 aromatic rings. The van der Waals surface area contributed by atoms with Gasteiger partial charge in [-0.15, -0.1) is 0 Å². The van der Waals surface area contributed by atoms with Crippen molar-refractivity contribution in [2.24, 2.45) is 17.6 Å². The number of hydrogen-bond acceptors (Lipinski definition) is 3. The first-order valence-electron chi connectivity index (χ1n) is 6.81. The van der Waals surface area contributed by atoms with Crippen molar-refractivity contribution in [2.75, 3.05) is 32.8 Å². The third-order valence-electron chi connectivity index (χ3n) is 3.18. The number of ether oxygens (including phenoxy) is 1. The normalized spacial score (nSPS) is 17.6. The van der Waals surface area contributed by atoms with Gasteiger partial charge in [-0.25, -0.2) is 0 Å². The van der Waals surface area contributed by atoms with Crippen LogP contribution in [0.5, 0.6) is 0 Å². The monoisotopic (exact) mass is 228 g/mol. The molecule has 0 saturated heterocycles.